The molecule has 9 heavy (non-hydrogen) atoms. The molecule has 0 spiro atoms. The van der Waals surface area contributed by atoms with Crippen LogP contribution in [0.5, 0.6) is 0 Å². The summed E-state index contributed by atoms with van der Waals surface area (Å²) in [4.78, 5) is 0. The third-order valence-corrected chi connectivity index (χ3v) is 2.84. The van der Waals surface area contributed by atoms with E-state index in [-0.39, 0.29) is 51.4 Å². The molecule has 0 aromatic carbocycles. The van der Waals surface area contributed by atoms with Crippen LogP contribution in [0.1, 0.15) is 39.0 Å². The van der Waals surface area contributed by atoms with E-state index >= 15 is 0 Å². The van der Waals surface area contributed by atoms with Crippen molar-refractivity contribution in [3.8, 4) is 0 Å². The van der Waals surface area contributed by atoms with E-state index < -0.39 is 0 Å². The van der Waals surface area contributed by atoms with E-state index in [4.69, 9.17) is 0 Å². The fourth-order valence-electron chi connectivity index (χ4n) is 2.16. The van der Waals surface area contributed by atoms with Crippen LogP contribution in [-0.4, -0.2) is 0 Å². The SMILES string of the molecule is CC12CC[C-](CC1)C2.[K+]. The molecule has 0 nitrogen and oxygen atoms in total. The molecule has 46 valence electrons. The van der Waals surface area contributed by atoms with Gasteiger partial charge in [0.2, 0.25) is 0 Å². The third kappa shape index (κ3) is 1.62. The van der Waals surface area contributed by atoms with E-state index in [1.54, 1.807) is 0 Å². The van der Waals surface area contributed by atoms with Gasteiger partial charge in [0.25, 0.3) is 0 Å². The average Bonchev–Trinajstić information content (AvgIpc) is 2.21. The number of hydrogen-bond acceptors (Lipinski definition) is 0. The van der Waals surface area contributed by atoms with Gasteiger partial charge in [0.1, 0.15) is 0 Å². The van der Waals surface area contributed by atoms with Crippen molar-refractivity contribution in [1.82, 2.24) is 0 Å². The first-order valence-corrected chi connectivity index (χ1v) is 3.62. The van der Waals surface area contributed by atoms with Crippen LogP contribution in [0.3, 0.4) is 0 Å². The molecular formula is C8H13K. The van der Waals surface area contributed by atoms with E-state index in [1.807, 2.05) is 5.92 Å². The van der Waals surface area contributed by atoms with Crippen LogP contribution in [0.4, 0.5) is 0 Å². The van der Waals surface area contributed by atoms with Crippen molar-refractivity contribution in [3.63, 3.8) is 0 Å². The number of fused-ring (bicyclic) bond motifs is 2. The molecule has 2 rings (SSSR count). The minimum Gasteiger partial charge on any atom is -0.313 e. The van der Waals surface area contributed by atoms with E-state index in [0.29, 0.717) is 0 Å². The van der Waals surface area contributed by atoms with Gasteiger partial charge in [-0.25, -0.2) is 0 Å². The minimum absolute atomic E-state index is 0. The predicted octanol–water partition coefficient (Wildman–Crippen LogP) is -0.451. The zero-order chi connectivity index (χ0) is 5.61. The first kappa shape index (κ1) is 8.73. The molecule has 2 saturated carbocycles. The molecule has 2 aliphatic rings. The molecule has 2 bridgehead atoms. The van der Waals surface area contributed by atoms with Crippen LogP contribution >= 0.6 is 0 Å². The van der Waals surface area contributed by atoms with E-state index in [2.05, 4.69) is 6.92 Å². The Bertz CT molecular complexity index is 101. The third-order valence-electron chi connectivity index (χ3n) is 2.84. The van der Waals surface area contributed by atoms with Crippen LogP contribution < -0.4 is 51.4 Å². The van der Waals surface area contributed by atoms with Crippen molar-refractivity contribution in [2.45, 2.75) is 39.0 Å². The summed E-state index contributed by atoms with van der Waals surface area (Å²) in [5.74, 6) is 1.85. The van der Waals surface area contributed by atoms with Crippen LogP contribution in [0, 0.1) is 11.3 Å². The second-order valence-corrected chi connectivity index (χ2v) is 3.74. The Labute approximate surface area is 100 Å². The standard InChI is InChI=1S/C8H13.K/c1-8-4-2-7(6-8)3-5-8;/h2-6H2,1H3;/q-1;+1. The van der Waals surface area contributed by atoms with Crippen molar-refractivity contribution in [2.24, 2.45) is 5.41 Å². The summed E-state index contributed by atoms with van der Waals surface area (Å²) >= 11 is 0. The quantitative estimate of drug-likeness (QED) is 0.322. The van der Waals surface area contributed by atoms with Gasteiger partial charge in [0, 0.05) is 0 Å². The fourth-order valence-corrected chi connectivity index (χ4v) is 2.16. The fraction of sp³-hybridized carbons (Fsp3) is 0.875. The van der Waals surface area contributed by atoms with Crippen LogP contribution in [-0.2, 0) is 0 Å². The summed E-state index contributed by atoms with van der Waals surface area (Å²) in [6, 6.07) is 0. The maximum Gasteiger partial charge on any atom is 1.00 e. The molecule has 0 aromatic rings. The molecule has 0 amide bonds. The summed E-state index contributed by atoms with van der Waals surface area (Å²) < 4.78 is 0. The zero-order valence-corrected chi connectivity index (χ0v) is 9.66. The summed E-state index contributed by atoms with van der Waals surface area (Å²) in [5.41, 5.74) is 0.773. The Morgan fingerprint density at radius 1 is 1.22 bits per heavy atom. The van der Waals surface area contributed by atoms with Gasteiger partial charge in [0.15, 0.2) is 0 Å². The molecular weight excluding hydrogens is 135 g/mol. The van der Waals surface area contributed by atoms with Crippen molar-refractivity contribution in [2.75, 3.05) is 0 Å². The second-order valence-electron chi connectivity index (χ2n) is 3.74. The Morgan fingerprint density at radius 3 is 1.89 bits per heavy atom. The molecule has 0 atom stereocenters. The van der Waals surface area contributed by atoms with Gasteiger partial charge in [-0.15, -0.1) is 0 Å². The van der Waals surface area contributed by atoms with Gasteiger partial charge >= 0.3 is 51.4 Å². The Hall–Kier alpha value is 1.64. The van der Waals surface area contributed by atoms with Crippen molar-refractivity contribution in [1.29, 1.82) is 0 Å². The van der Waals surface area contributed by atoms with Gasteiger partial charge in [-0.3, -0.25) is 0 Å². The van der Waals surface area contributed by atoms with Gasteiger partial charge in [0.05, 0.1) is 0 Å². The van der Waals surface area contributed by atoms with Gasteiger partial charge < -0.3 is 5.92 Å². The monoisotopic (exact) mass is 148 g/mol. The summed E-state index contributed by atoms with van der Waals surface area (Å²) in [5, 5.41) is 0. The topological polar surface area (TPSA) is 0 Å². The molecule has 0 unspecified atom stereocenters. The molecule has 0 heterocycles. The molecule has 1 heteroatoms. The molecule has 0 aromatic heterocycles. The van der Waals surface area contributed by atoms with Crippen molar-refractivity contribution >= 4 is 0 Å². The summed E-state index contributed by atoms with van der Waals surface area (Å²) in [7, 11) is 0. The molecule has 0 N–H and O–H groups in total. The smallest absolute Gasteiger partial charge is 0.313 e. The maximum atomic E-state index is 2.44. The molecule has 2 fully saturated rings. The van der Waals surface area contributed by atoms with Crippen LogP contribution in [0.15, 0.2) is 0 Å². The summed E-state index contributed by atoms with van der Waals surface area (Å²) in [6.07, 6.45) is 7.35. The van der Waals surface area contributed by atoms with Gasteiger partial charge in [-0.05, 0) is 0 Å². The van der Waals surface area contributed by atoms with Crippen molar-refractivity contribution < 1.29 is 51.4 Å². The number of rotatable bonds is 0. The van der Waals surface area contributed by atoms with Gasteiger partial charge in [-0.1, -0.05) is 25.2 Å². The molecule has 0 radical (unpaired) electrons. The van der Waals surface area contributed by atoms with Gasteiger partial charge in [-0.2, -0.15) is 19.3 Å². The number of hydrogen-bond donors (Lipinski definition) is 0. The van der Waals surface area contributed by atoms with Crippen LogP contribution in [0.25, 0.3) is 0 Å². The Kier molecular flexibility index (Phi) is 2.85. The zero-order valence-electron chi connectivity index (χ0n) is 6.54. The predicted molar refractivity (Wildman–Crippen MR) is 34.4 cm³/mol. The maximum absolute atomic E-state index is 2.44. The Balaban J connectivity index is 0.000000405. The molecule has 0 aliphatic heterocycles. The van der Waals surface area contributed by atoms with Crippen molar-refractivity contribution in [3.05, 3.63) is 5.92 Å². The second kappa shape index (κ2) is 2.94. The molecule has 0 saturated heterocycles. The van der Waals surface area contributed by atoms with E-state index in [1.165, 1.54) is 32.1 Å². The van der Waals surface area contributed by atoms with Crippen LogP contribution in [0.2, 0.25) is 0 Å². The first-order chi connectivity index (χ1) is 3.79. The van der Waals surface area contributed by atoms with E-state index in [0.717, 1.165) is 5.41 Å². The minimum atomic E-state index is 0. The molecule has 2 aliphatic carbocycles. The summed E-state index contributed by atoms with van der Waals surface area (Å²) in [6.45, 7) is 2.44. The first-order valence-electron chi connectivity index (χ1n) is 3.62. The average molecular weight is 148 g/mol. The Morgan fingerprint density at radius 2 is 1.78 bits per heavy atom. The normalized spacial score (nSPS) is 30.3. The van der Waals surface area contributed by atoms with E-state index in [9.17, 15) is 0 Å². The largest absolute Gasteiger partial charge is 1.00 e.